The summed E-state index contributed by atoms with van der Waals surface area (Å²) in [7, 11) is 5.41. The van der Waals surface area contributed by atoms with E-state index in [0.29, 0.717) is 12.1 Å². The number of aliphatic imine (C=N–C) groups is 1. The summed E-state index contributed by atoms with van der Waals surface area (Å²) < 4.78 is 14.4. The number of benzene rings is 2. The number of halogens is 1. The lowest BCUT2D eigenvalue weighted by atomic mass is 9.89. The monoisotopic (exact) mass is 363 g/mol. The second kappa shape index (κ2) is 6.72. The number of nitrogens with zero attached hydrogens (tertiary/aromatic N) is 2. The number of anilines is 1. The fourth-order valence-corrected chi connectivity index (χ4v) is 3.57. The number of fused-ring (bicyclic) bond motifs is 2. The zero-order valence-corrected chi connectivity index (χ0v) is 15.6. The minimum atomic E-state index is -0.693. The summed E-state index contributed by atoms with van der Waals surface area (Å²) in [6.45, 7) is 0. The first-order valence-electron chi connectivity index (χ1n) is 8.92. The average Bonchev–Trinajstić information content (AvgIpc) is 2.72. The second-order valence-corrected chi connectivity index (χ2v) is 6.65. The van der Waals surface area contributed by atoms with Crippen LogP contribution in [0.25, 0.3) is 10.9 Å². The molecule has 3 N–H and O–H groups in total. The Morgan fingerprint density at radius 2 is 1.81 bits per heavy atom. The van der Waals surface area contributed by atoms with E-state index >= 15 is 0 Å². The molecule has 2 heterocycles. The molecule has 0 spiro atoms. The molecule has 0 bridgehead atoms. The third-order valence-electron chi connectivity index (χ3n) is 5.16. The topological polar surface area (TPSA) is 61.3 Å². The van der Waals surface area contributed by atoms with E-state index in [2.05, 4.69) is 27.0 Å². The van der Waals surface area contributed by atoms with Gasteiger partial charge in [-0.3, -0.25) is 15.6 Å². The molecule has 1 aromatic heterocycles. The molecule has 0 amide bonds. The molecule has 1 aliphatic heterocycles. The van der Waals surface area contributed by atoms with Crippen molar-refractivity contribution in [1.82, 2.24) is 15.6 Å². The van der Waals surface area contributed by atoms with Crippen molar-refractivity contribution in [3.63, 3.8) is 0 Å². The van der Waals surface area contributed by atoms with Gasteiger partial charge in [0.05, 0.1) is 16.9 Å². The van der Waals surface area contributed by atoms with Crippen LogP contribution in [0.1, 0.15) is 16.7 Å². The molecular weight excluding hydrogens is 341 g/mol. The summed E-state index contributed by atoms with van der Waals surface area (Å²) in [6, 6.07) is 13.5. The molecule has 0 radical (unpaired) electrons. The molecule has 0 atom stereocenters. The van der Waals surface area contributed by atoms with Gasteiger partial charge in [-0.15, -0.1) is 0 Å². The zero-order chi connectivity index (χ0) is 19.0. The van der Waals surface area contributed by atoms with Gasteiger partial charge in [-0.05, 0) is 43.9 Å². The van der Waals surface area contributed by atoms with E-state index < -0.39 is 5.79 Å². The van der Waals surface area contributed by atoms with Gasteiger partial charge in [-0.1, -0.05) is 18.2 Å². The van der Waals surface area contributed by atoms with Crippen LogP contribution in [0.5, 0.6) is 0 Å². The van der Waals surface area contributed by atoms with Gasteiger partial charge in [0.1, 0.15) is 5.82 Å². The Morgan fingerprint density at radius 3 is 2.56 bits per heavy atom. The third-order valence-corrected chi connectivity index (χ3v) is 5.16. The van der Waals surface area contributed by atoms with Crippen molar-refractivity contribution in [3.05, 3.63) is 71.2 Å². The predicted molar refractivity (Wildman–Crippen MR) is 108 cm³/mol. The number of pyridine rings is 1. The molecule has 2 aromatic carbocycles. The fourth-order valence-electron chi connectivity index (χ4n) is 3.57. The van der Waals surface area contributed by atoms with Gasteiger partial charge < -0.3 is 5.32 Å². The van der Waals surface area contributed by atoms with Crippen molar-refractivity contribution in [2.75, 3.05) is 26.5 Å². The third kappa shape index (κ3) is 2.97. The van der Waals surface area contributed by atoms with Crippen LogP contribution in [-0.4, -0.2) is 37.6 Å². The van der Waals surface area contributed by atoms with Crippen LogP contribution in [0.2, 0.25) is 0 Å². The quantitative estimate of drug-likeness (QED) is 0.624. The lowest BCUT2D eigenvalue weighted by Gasteiger charge is -2.35. The van der Waals surface area contributed by atoms with E-state index in [0.717, 1.165) is 33.3 Å². The van der Waals surface area contributed by atoms with Gasteiger partial charge in [0.15, 0.2) is 5.79 Å². The van der Waals surface area contributed by atoms with Crippen molar-refractivity contribution in [2.24, 2.45) is 4.99 Å². The lowest BCUT2D eigenvalue weighted by molar-refractivity contribution is 0.304. The van der Waals surface area contributed by atoms with Crippen LogP contribution in [0.4, 0.5) is 10.1 Å². The standard InChI is InChI=1S/C21H22FN5/c1-23-19-10-16-14(9-17(19)22)11-21(24-2,25-3)27-20(16)15-8-13-6-4-5-7-18(13)26-12-15/h4-10,12,23-25H,11H2,1-3H3. The number of hydrogen-bond donors (Lipinski definition) is 3. The fraction of sp³-hybridized carbons (Fsp3) is 0.238. The molecular formula is C21H22FN5. The molecule has 5 nitrogen and oxygen atoms in total. The Labute approximate surface area is 157 Å². The Bertz CT molecular complexity index is 1040. The van der Waals surface area contributed by atoms with Crippen molar-refractivity contribution in [3.8, 4) is 0 Å². The number of para-hydroxylation sites is 1. The van der Waals surface area contributed by atoms with Crippen LogP contribution in [-0.2, 0) is 6.42 Å². The molecule has 6 heteroatoms. The van der Waals surface area contributed by atoms with E-state index in [4.69, 9.17) is 4.99 Å². The molecule has 0 aliphatic carbocycles. The minimum Gasteiger partial charge on any atom is -0.386 e. The van der Waals surface area contributed by atoms with E-state index in [9.17, 15) is 4.39 Å². The van der Waals surface area contributed by atoms with Gasteiger partial charge in [0.2, 0.25) is 0 Å². The maximum Gasteiger partial charge on any atom is 0.168 e. The first kappa shape index (κ1) is 17.6. The Hall–Kier alpha value is -2.83. The van der Waals surface area contributed by atoms with Gasteiger partial charge in [-0.2, -0.15) is 0 Å². The molecule has 0 saturated heterocycles. The molecule has 27 heavy (non-hydrogen) atoms. The second-order valence-electron chi connectivity index (χ2n) is 6.65. The summed E-state index contributed by atoms with van der Waals surface area (Å²) in [6.07, 6.45) is 2.37. The van der Waals surface area contributed by atoms with E-state index in [1.165, 1.54) is 0 Å². The smallest absolute Gasteiger partial charge is 0.168 e. The summed E-state index contributed by atoms with van der Waals surface area (Å²) in [5.74, 6) is -0.961. The molecule has 138 valence electrons. The highest BCUT2D eigenvalue weighted by Crippen LogP contribution is 2.31. The SMILES string of the molecule is CNc1cc2c(cc1F)CC(NC)(NC)N=C2c1cnc2ccccc2c1. The minimum absolute atomic E-state index is 0.268. The highest BCUT2D eigenvalue weighted by Gasteiger charge is 2.34. The van der Waals surface area contributed by atoms with E-state index in [1.54, 1.807) is 13.1 Å². The maximum absolute atomic E-state index is 14.4. The number of rotatable bonds is 4. The first-order chi connectivity index (χ1) is 13.1. The number of nitrogens with one attached hydrogen (secondary N) is 3. The van der Waals surface area contributed by atoms with E-state index in [1.807, 2.05) is 50.6 Å². The molecule has 3 aromatic rings. The highest BCUT2D eigenvalue weighted by atomic mass is 19.1. The summed E-state index contributed by atoms with van der Waals surface area (Å²) in [5, 5.41) is 10.4. The van der Waals surface area contributed by atoms with Crippen LogP contribution < -0.4 is 16.0 Å². The first-order valence-corrected chi connectivity index (χ1v) is 8.92. The van der Waals surface area contributed by atoms with Crippen LogP contribution in [0, 0.1) is 5.82 Å². The Balaban J connectivity index is 1.96. The largest absolute Gasteiger partial charge is 0.386 e. The van der Waals surface area contributed by atoms with Gasteiger partial charge in [0, 0.05) is 36.2 Å². The molecule has 0 unspecified atom stereocenters. The highest BCUT2D eigenvalue weighted by molar-refractivity contribution is 6.15. The van der Waals surface area contributed by atoms with Gasteiger partial charge in [-0.25, -0.2) is 9.38 Å². The Kier molecular flexibility index (Phi) is 4.37. The number of aromatic nitrogens is 1. The molecule has 1 aliphatic rings. The summed E-state index contributed by atoms with van der Waals surface area (Å²) >= 11 is 0. The zero-order valence-electron chi connectivity index (χ0n) is 15.6. The van der Waals surface area contributed by atoms with Crippen molar-refractivity contribution in [2.45, 2.75) is 12.2 Å². The Morgan fingerprint density at radius 1 is 1.04 bits per heavy atom. The normalized spacial score (nSPS) is 15.3. The summed E-state index contributed by atoms with van der Waals surface area (Å²) in [5.41, 5.74) is 4.89. The van der Waals surface area contributed by atoms with Crippen LogP contribution >= 0.6 is 0 Å². The number of likely N-dealkylation sites (N-methyl/N-ethyl adjacent to an activating group) is 2. The van der Waals surface area contributed by atoms with E-state index in [-0.39, 0.29) is 5.82 Å². The van der Waals surface area contributed by atoms with Crippen molar-refractivity contribution < 1.29 is 4.39 Å². The lowest BCUT2D eigenvalue weighted by Crippen LogP contribution is -2.56. The van der Waals surface area contributed by atoms with Crippen molar-refractivity contribution in [1.29, 1.82) is 0 Å². The van der Waals surface area contributed by atoms with Gasteiger partial charge in [0.25, 0.3) is 0 Å². The average molecular weight is 363 g/mol. The molecule has 0 fully saturated rings. The molecule has 4 rings (SSSR count). The maximum atomic E-state index is 14.4. The predicted octanol–water partition coefficient (Wildman–Crippen LogP) is 2.90. The van der Waals surface area contributed by atoms with Crippen LogP contribution in [0.3, 0.4) is 0 Å². The molecule has 0 saturated carbocycles. The van der Waals surface area contributed by atoms with Crippen LogP contribution in [0.15, 0.2) is 53.7 Å². The number of hydrogen-bond acceptors (Lipinski definition) is 5. The summed E-state index contributed by atoms with van der Waals surface area (Å²) in [4.78, 5) is 9.56. The van der Waals surface area contributed by atoms with Gasteiger partial charge >= 0.3 is 0 Å². The van der Waals surface area contributed by atoms with Crippen molar-refractivity contribution >= 4 is 22.3 Å².